The molecule has 1 aromatic rings. The average Bonchev–Trinajstić information content (AvgIpc) is 2.37. The van der Waals surface area contributed by atoms with E-state index in [2.05, 4.69) is 16.1 Å². The lowest BCUT2D eigenvalue weighted by atomic mass is 10.2. The Morgan fingerprint density at radius 1 is 1.35 bits per heavy atom. The minimum atomic E-state index is -3.13. The molecule has 110 valence electrons. The molecule has 0 aliphatic carbocycles. The zero-order valence-corrected chi connectivity index (χ0v) is 13.3. The van der Waals surface area contributed by atoms with Crippen molar-refractivity contribution in [3.63, 3.8) is 0 Å². The van der Waals surface area contributed by atoms with Gasteiger partial charge in [0, 0.05) is 18.0 Å². The molecule has 1 aromatic carbocycles. The number of thioether (sulfide) groups is 1. The van der Waals surface area contributed by atoms with E-state index >= 15 is 0 Å². The van der Waals surface area contributed by atoms with Crippen LogP contribution in [0.3, 0.4) is 0 Å². The highest BCUT2D eigenvalue weighted by Crippen LogP contribution is 2.27. The van der Waals surface area contributed by atoms with Crippen LogP contribution in [0, 0.1) is 11.3 Å². The van der Waals surface area contributed by atoms with Crippen LogP contribution in [0.1, 0.15) is 18.9 Å². The maximum atomic E-state index is 10.9. The largest absolute Gasteiger partial charge is 0.384 e. The van der Waals surface area contributed by atoms with Crippen molar-refractivity contribution in [3.05, 3.63) is 23.8 Å². The van der Waals surface area contributed by atoms with Gasteiger partial charge < -0.3 is 5.32 Å². The van der Waals surface area contributed by atoms with E-state index in [-0.39, 0.29) is 0 Å². The summed E-state index contributed by atoms with van der Waals surface area (Å²) < 4.78 is 24.2. The van der Waals surface area contributed by atoms with Crippen LogP contribution in [0.4, 0.5) is 5.69 Å². The van der Waals surface area contributed by atoms with Crippen LogP contribution in [0.2, 0.25) is 0 Å². The van der Waals surface area contributed by atoms with Crippen molar-refractivity contribution >= 4 is 27.5 Å². The molecular formula is C13H19N3O2S2. The van der Waals surface area contributed by atoms with E-state index in [0.717, 1.165) is 22.6 Å². The quantitative estimate of drug-likeness (QED) is 0.567. The molecule has 2 N–H and O–H groups in total. The van der Waals surface area contributed by atoms with Gasteiger partial charge in [-0.1, -0.05) is 13.0 Å². The van der Waals surface area contributed by atoms with Crippen LogP contribution < -0.4 is 10.0 Å². The van der Waals surface area contributed by atoms with E-state index < -0.39 is 10.0 Å². The van der Waals surface area contributed by atoms with Gasteiger partial charge in [0.05, 0.1) is 17.5 Å². The van der Waals surface area contributed by atoms with Gasteiger partial charge >= 0.3 is 0 Å². The molecule has 20 heavy (non-hydrogen) atoms. The summed E-state index contributed by atoms with van der Waals surface area (Å²) in [5.41, 5.74) is 1.45. The number of hydrogen-bond acceptors (Lipinski definition) is 5. The number of hydrogen-bond donors (Lipinski definition) is 2. The number of sulfonamides is 1. The van der Waals surface area contributed by atoms with Crippen molar-refractivity contribution in [2.45, 2.75) is 18.2 Å². The van der Waals surface area contributed by atoms with Gasteiger partial charge in [-0.15, -0.1) is 11.8 Å². The average molecular weight is 313 g/mol. The summed E-state index contributed by atoms with van der Waals surface area (Å²) in [6, 6.07) is 7.93. The molecule has 0 fully saturated rings. The first-order valence-electron chi connectivity index (χ1n) is 6.32. The monoisotopic (exact) mass is 313 g/mol. The summed E-state index contributed by atoms with van der Waals surface area (Å²) >= 11 is 1.63. The van der Waals surface area contributed by atoms with Gasteiger partial charge in [-0.05, 0) is 24.3 Å². The Labute approximate surface area is 124 Å². The molecule has 0 radical (unpaired) electrons. The molecule has 0 amide bonds. The Kier molecular flexibility index (Phi) is 6.85. The third kappa shape index (κ3) is 5.82. The zero-order chi connectivity index (χ0) is 15.0. The molecular weight excluding hydrogens is 294 g/mol. The normalized spacial score (nSPS) is 11.1. The van der Waals surface area contributed by atoms with Crippen molar-refractivity contribution in [1.82, 2.24) is 4.72 Å². The second-order valence-electron chi connectivity index (χ2n) is 4.17. The predicted molar refractivity (Wildman–Crippen MR) is 83.5 cm³/mol. The molecule has 0 saturated heterocycles. The highest BCUT2D eigenvalue weighted by molar-refractivity contribution is 7.99. The Morgan fingerprint density at radius 2 is 2.10 bits per heavy atom. The number of benzene rings is 1. The van der Waals surface area contributed by atoms with Crippen molar-refractivity contribution in [3.8, 4) is 6.07 Å². The first-order chi connectivity index (χ1) is 9.48. The standard InChI is InChI=1S/C13H19N3O2S2/c1-3-19-13-7-4-6-12(11(13)10-14)15-8-5-9-16-20(2,17)18/h4,6-7,15-16H,3,5,8-9H2,1-2H3. The number of nitrogens with zero attached hydrogens (tertiary/aromatic N) is 1. The molecule has 0 heterocycles. The van der Waals surface area contributed by atoms with Crippen molar-refractivity contribution in [2.24, 2.45) is 0 Å². The fourth-order valence-electron chi connectivity index (χ4n) is 1.64. The zero-order valence-electron chi connectivity index (χ0n) is 11.6. The fourth-order valence-corrected chi connectivity index (χ4v) is 2.94. The minimum absolute atomic E-state index is 0.386. The number of nitrogens with one attached hydrogen (secondary N) is 2. The van der Waals surface area contributed by atoms with Gasteiger partial charge in [0.2, 0.25) is 10.0 Å². The highest BCUT2D eigenvalue weighted by Gasteiger charge is 2.07. The lowest BCUT2D eigenvalue weighted by Crippen LogP contribution is -2.24. The Bertz CT molecular complexity index is 580. The Morgan fingerprint density at radius 3 is 2.70 bits per heavy atom. The van der Waals surface area contributed by atoms with Gasteiger partial charge in [-0.3, -0.25) is 0 Å². The minimum Gasteiger partial charge on any atom is -0.384 e. The lowest BCUT2D eigenvalue weighted by molar-refractivity contribution is 0.586. The van der Waals surface area contributed by atoms with E-state index in [9.17, 15) is 13.7 Å². The molecule has 0 bridgehead atoms. The fraction of sp³-hybridized carbons (Fsp3) is 0.462. The third-order valence-corrected chi connectivity index (χ3v) is 4.14. The van der Waals surface area contributed by atoms with Crippen LogP contribution >= 0.6 is 11.8 Å². The maximum absolute atomic E-state index is 10.9. The first-order valence-corrected chi connectivity index (χ1v) is 9.20. The summed E-state index contributed by atoms with van der Waals surface area (Å²) in [6.07, 6.45) is 1.79. The molecule has 0 saturated carbocycles. The first kappa shape index (κ1) is 16.8. The number of nitriles is 1. The van der Waals surface area contributed by atoms with Crippen molar-refractivity contribution in [1.29, 1.82) is 5.26 Å². The van der Waals surface area contributed by atoms with E-state index in [4.69, 9.17) is 0 Å². The van der Waals surface area contributed by atoms with E-state index in [1.54, 1.807) is 11.8 Å². The van der Waals surface area contributed by atoms with Crippen molar-refractivity contribution < 1.29 is 8.42 Å². The van der Waals surface area contributed by atoms with Crippen LogP contribution in [0.25, 0.3) is 0 Å². The van der Waals surface area contributed by atoms with Gasteiger partial charge in [-0.2, -0.15) is 5.26 Å². The van der Waals surface area contributed by atoms with E-state index in [0.29, 0.717) is 25.1 Å². The molecule has 7 heteroatoms. The summed E-state index contributed by atoms with van der Waals surface area (Å²) in [5, 5.41) is 12.4. The molecule has 0 aromatic heterocycles. The molecule has 0 unspecified atom stereocenters. The van der Waals surface area contributed by atoms with Crippen LogP contribution in [-0.4, -0.2) is 33.5 Å². The summed E-state index contributed by atoms with van der Waals surface area (Å²) in [6.45, 7) is 3.04. The number of rotatable bonds is 8. The molecule has 5 nitrogen and oxygen atoms in total. The summed E-state index contributed by atoms with van der Waals surface area (Å²) in [7, 11) is -3.13. The second kappa shape index (κ2) is 8.15. The molecule has 1 rings (SSSR count). The van der Waals surface area contributed by atoms with Gasteiger partial charge in [-0.25, -0.2) is 13.1 Å². The smallest absolute Gasteiger partial charge is 0.208 e. The van der Waals surface area contributed by atoms with E-state index in [1.165, 1.54) is 0 Å². The van der Waals surface area contributed by atoms with Crippen molar-refractivity contribution in [2.75, 3.05) is 30.4 Å². The summed E-state index contributed by atoms with van der Waals surface area (Å²) in [4.78, 5) is 0.967. The van der Waals surface area contributed by atoms with Crippen LogP contribution in [0.5, 0.6) is 0 Å². The highest BCUT2D eigenvalue weighted by atomic mass is 32.2. The van der Waals surface area contributed by atoms with Gasteiger partial charge in [0.25, 0.3) is 0 Å². The topological polar surface area (TPSA) is 82.0 Å². The van der Waals surface area contributed by atoms with E-state index in [1.807, 2.05) is 25.1 Å². The molecule has 0 aliphatic rings. The second-order valence-corrected chi connectivity index (χ2v) is 7.31. The Hall–Kier alpha value is -1.23. The molecule has 0 spiro atoms. The number of anilines is 1. The Balaban J connectivity index is 2.56. The summed E-state index contributed by atoms with van der Waals surface area (Å²) in [5.74, 6) is 0.913. The molecule has 0 atom stereocenters. The maximum Gasteiger partial charge on any atom is 0.208 e. The SMILES string of the molecule is CCSc1cccc(NCCCNS(C)(=O)=O)c1C#N. The van der Waals surface area contributed by atoms with Gasteiger partial charge in [0.1, 0.15) is 6.07 Å². The van der Waals surface area contributed by atoms with Crippen LogP contribution in [0.15, 0.2) is 23.1 Å². The van der Waals surface area contributed by atoms with Gasteiger partial charge in [0.15, 0.2) is 0 Å². The predicted octanol–water partition coefficient (Wildman–Crippen LogP) is 2.02. The van der Waals surface area contributed by atoms with Crippen LogP contribution in [-0.2, 0) is 10.0 Å². The molecule has 0 aliphatic heterocycles. The lowest BCUT2D eigenvalue weighted by Gasteiger charge is -2.11. The third-order valence-electron chi connectivity index (χ3n) is 2.47.